The van der Waals surface area contributed by atoms with Gasteiger partial charge in [-0.05, 0) is 24.3 Å². The summed E-state index contributed by atoms with van der Waals surface area (Å²) in [6, 6.07) is 16.1. The highest BCUT2D eigenvalue weighted by Crippen LogP contribution is 2.36. The maximum atomic E-state index is 10.2. The Labute approximate surface area is 176 Å². The van der Waals surface area contributed by atoms with Gasteiger partial charge in [-0.2, -0.15) is 0 Å². The first-order valence-corrected chi connectivity index (χ1v) is 9.74. The van der Waals surface area contributed by atoms with Crippen LogP contribution in [0, 0.1) is 0 Å². The van der Waals surface area contributed by atoms with Gasteiger partial charge in [0, 0.05) is 22.4 Å². The van der Waals surface area contributed by atoms with Gasteiger partial charge in [0.2, 0.25) is 5.79 Å². The number of aliphatic hydroxyl groups excluding tert-OH is 1. The Bertz CT molecular complexity index is 903. The van der Waals surface area contributed by atoms with E-state index < -0.39 is 11.8 Å². The number of carbonyl (C=O) groups is 1. The van der Waals surface area contributed by atoms with E-state index in [2.05, 4.69) is 20.9 Å². The molecule has 2 unspecified atom stereocenters. The van der Waals surface area contributed by atoms with E-state index in [0.717, 1.165) is 10.0 Å². The molecule has 0 aliphatic carbocycles. The lowest BCUT2D eigenvalue weighted by molar-refractivity contribution is -0.190. The average Bonchev–Trinajstić information content (AvgIpc) is 3.40. The molecule has 1 aromatic heterocycles. The van der Waals surface area contributed by atoms with E-state index in [0.29, 0.717) is 18.7 Å². The third-order valence-electron chi connectivity index (χ3n) is 4.32. The van der Waals surface area contributed by atoms with Crippen LogP contribution in [0.1, 0.15) is 15.9 Å². The second-order valence-electron chi connectivity index (χ2n) is 6.40. The van der Waals surface area contributed by atoms with Crippen LogP contribution in [-0.2, 0) is 21.8 Å². The van der Waals surface area contributed by atoms with Gasteiger partial charge in [0.15, 0.2) is 0 Å². The molecule has 0 bridgehead atoms. The van der Waals surface area contributed by atoms with Crippen LogP contribution in [0.5, 0.6) is 0 Å². The summed E-state index contributed by atoms with van der Waals surface area (Å²) in [5, 5.41) is 17.7. The van der Waals surface area contributed by atoms with E-state index in [1.807, 2.05) is 35.0 Å². The van der Waals surface area contributed by atoms with E-state index in [9.17, 15) is 9.90 Å². The SMILES string of the molecule is O=C(O)c1ccccc1.OCC1COC(Cn2ccnc2)(c2ccc(Br)cc2)O1. The van der Waals surface area contributed by atoms with Crippen molar-refractivity contribution in [1.29, 1.82) is 0 Å². The minimum atomic E-state index is -0.880. The summed E-state index contributed by atoms with van der Waals surface area (Å²) in [5.41, 5.74) is 1.25. The van der Waals surface area contributed by atoms with E-state index in [4.69, 9.17) is 14.6 Å². The first-order valence-electron chi connectivity index (χ1n) is 8.95. The fourth-order valence-corrected chi connectivity index (χ4v) is 3.15. The fraction of sp³-hybridized carbons (Fsp3) is 0.238. The first-order chi connectivity index (χ1) is 14.0. The Kier molecular flexibility index (Phi) is 7.16. The number of benzene rings is 2. The van der Waals surface area contributed by atoms with Gasteiger partial charge in [-0.25, -0.2) is 9.78 Å². The summed E-state index contributed by atoms with van der Waals surface area (Å²) in [6.45, 7) is 0.814. The van der Waals surface area contributed by atoms with Crippen LogP contribution < -0.4 is 0 Å². The molecule has 2 atom stereocenters. The van der Waals surface area contributed by atoms with Crippen LogP contribution in [0.3, 0.4) is 0 Å². The molecule has 7 nitrogen and oxygen atoms in total. The molecule has 1 aliphatic rings. The maximum absolute atomic E-state index is 10.2. The summed E-state index contributed by atoms with van der Waals surface area (Å²) in [5.74, 6) is -1.76. The van der Waals surface area contributed by atoms with Gasteiger partial charge in [0.05, 0.1) is 31.6 Å². The zero-order valence-electron chi connectivity index (χ0n) is 15.5. The van der Waals surface area contributed by atoms with Crippen LogP contribution in [-0.4, -0.2) is 45.1 Å². The van der Waals surface area contributed by atoms with Crippen molar-refractivity contribution < 1.29 is 24.5 Å². The van der Waals surface area contributed by atoms with Crippen LogP contribution in [0.2, 0.25) is 0 Å². The zero-order chi connectivity index (χ0) is 20.7. The number of nitrogens with zero attached hydrogens (tertiary/aromatic N) is 2. The van der Waals surface area contributed by atoms with Gasteiger partial charge < -0.3 is 24.3 Å². The minimum Gasteiger partial charge on any atom is -0.478 e. The Hall–Kier alpha value is -2.52. The van der Waals surface area contributed by atoms with Crippen molar-refractivity contribution in [3.05, 3.63) is 88.9 Å². The normalized spacial score (nSPS) is 20.7. The second-order valence-corrected chi connectivity index (χ2v) is 7.32. The van der Waals surface area contributed by atoms with Gasteiger partial charge in [0.1, 0.15) is 6.10 Å². The Balaban J connectivity index is 0.000000224. The number of rotatable bonds is 5. The molecule has 2 aromatic carbocycles. The van der Waals surface area contributed by atoms with Crippen molar-refractivity contribution in [2.45, 2.75) is 18.4 Å². The van der Waals surface area contributed by atoms with E-state index in [1.54, 1.807) is 42.9 Å². The number of ether oxygens (including phenoxy) is 2. The van der Waals surface area contributed by atoms with Crippen molar-refractivity contribution in [2.75, 3.05) is 13.2 Å². The van der Waals surface area contributed by atoms with Gasteiger partial charge >= 0.3 is 5.97 Å². The number of aromatic nitrogens is 2. The maximum Gasteiger partial charge on any atom is 0.335 e. The van der Waals surface area contributed by atoms with Crippen molar-refractivity contribution in [1.82, 2.24) is 9.55 Å². The monoisotopic (exact) mass is 460 g/mol. The highest BCUT2D eigenvalue weighted by Gasteiger charge is 2.43. The van der Waals surface area contributed by atoms with Gasteiger partial charge in [-0.15, -0.1) is 0 Å². The molecule has 2 heterocycles. The number of imidazole rings is 1. The number of carboxylic acid groups (broad SMARTS) is 1. The Morgan fingerprint density at radius 3 is 2.45 bits per heavy atom. The lowest BCUT2D eigenvalue weighted by atomic mass is 10.1. The summed E-state index contributed by atoms with van der Waals surface area (Å²) in [6.07, 6.45) is 5.00. The van der Waals surface area contributed by atoms with Crippen LogP contribution in [0.15, 0.2) is 77.8 Å². The molecule has 0 amide bonds. The van der Waals surface area contributed by atoms with Crippen LogP contribution >= 0.6 is 15.9 Å². The van der Waals surface area contributed by atoms with E-state index >= 15 is 0 Å². The Morgan fingerprint density at radius 1 is 1.21 bits per heavy atom. The molecule has 1 fully saturated rings. The fourth-order valence-electron chi connectivity index (χ4n) is 2.89. The van der Waals surface area contributed by atoms with E-state index in [-0.39, 0.29) is 12.7 Å². The molecule has 1 aliphatic heterocycles. The molecule has 1 saturated heterocycles. The summed E-state index contributed by atoms with van der Waals surface area (Å²) < 4.78 is 14.8. The Morgan fingerprint density at radius 2 is 1.93 bits per heavy atom. The third kappa shape index (κ3) is 5.51. The predicted molar refractivity (Wildman–Crippen MR) is 109 cm³/mol. The largest absolute Gasteiger partial charge is 0.478 e. The zero-order valence-corrected chi connectivity index (χ0v) is 17.1. The molecule has 3 aromatic rings. The lowest BCUT2D eigenvalue weighted by Gasteiger charge is -2.29. The summed E-state index contributed by atoms with van der Waals surface area (Å²) >= 11 is 3.42. The average molecular weight is 461 g/mol. The quantitative estimate of drug-likeness (QED) is 0.606. The minimum absolute atomic E-state index is 0.0534. The highest BCUT2D eigenvalue weighted by atomic mass is 79.9. The van der Waals surface area contributed by atoms with Crippen molar-refractivity contribution in [3.63, 3.8) is 0 Å². The topological polar surface area (TPSA) is 93.8 Å². The number of carboxylic acids is 1. The molecule has 4 rings (SSSR count). The molecule has 152 valence electrons. The van der Waals surface area contributed by atoms with Crippen molar-refractivity contribution in [3.8, 4) is 0 Å². The predicted octanol–water partition coefficient (Wildman–Crippen LogP) is 3.29. The first kappa shape index (κ1) is 21.2. The molecular weight excluding hydrogens is 440 g/mol. The standard InChI is InChI=1S/C14H15BrN2O3.C7H6O2/c15-12-3-1-11(2-4-12)14(9-17-6-5-16-10-17)19-8-13(7-18)20-14;8-7(9)6-4-2-1-3-5-6/h1-6,10,13,18H,7-9H2;1-5H,(H,8,9). The molecule has 0 saturated carbocycles. The van der Waals surface area contributed by atoms with Gasteiger partial charge in [-0.1, -0.05) is 46.3 Å². The number of aromatic carboxylic acids is 1. The lowest BCUT2D eigenvalue weighted by Crippen LogP contribution is -2.33. The number of hydrogen-bond donors (Lipinski definition) is 2. The van der Waals surface area contributed by atoms with E-state index in [1.165, 1.54) is 0 Å². The second kappa shape index (κ2) is 9.80. The molecule has 0 radical (unpaired) electrons. The summed E-state index contributed by atoms with van der Waals surface area (Å²) in [7, 11) is 0. The van der Waals surface area contributed by atoms with Crippen LogP contribution in [0.4, 0.5) is 0 Å². The van der Waals surface area contributed by atoms with Crippen LogP contribution in [0.25, 0.3) is 0 Å². The smallest absolute Gasteiger partial charge is 0.335 e. The number of hydrogen-bond acceptors (Lipinski definition) is 5. The van der Waals surface area contributed by atoms with Gasteiger partial charge in [-0.3, -0.25) is 0 Å². The third-order valence-corrected chi connectivity index (χ3v) is 4.85. The number of halogens is 1. The highest BCUT2D eigenvalue weighted by molar-refractivity contribution is 9.10. The molecule has 2 N–H and O–H groups in total. The van der Waals surface area contributed by atoms with Crippen molar-refractivity contribution >= 4 is 21.9 Å². The molecule has 8 heteroatoms. The van der Waals surface area contributed by atoms with Crippen molar-refractivity contribution in [2.24, 2.45) is 0 Å². The van der Waals surface area contributed by atoms with Gasteiger partial charge in [0.25, 0.3) is 0 Å². The molecule has 29 heavy (non-hydrogen) atoms. The molecular formula is C21H21BrN2O5. The molecule has 0 spiro atoms. The number of aliphatic hydroxyl groups is 1. The summed E-state index contributed by atoms with van der Waals surface area (Å²) in [4.78, 5) is 14.2.